The molecule has 0 unspecified atom stereocenters. The van der Waals surface area contributed by atoms with Crippen LogP contribution in [0.3, 0.4) is 0 Å². The molecule has 0 bridgehead atoms. The fourth-order valence-corrected chi connectivity index (χ4v) is 4.90. The highest BCUT2D eigenvalue weighted by Crippen LogP contribution is 2.29. The van der Waals surface area contributed by atoms with E-state index in [-0.39, 0.29) is 88.5 Å². The molecular weight excluding hydrogens is 592 g/mol. The van der Waals surface area contributed by atoms with Gasteiger partial charge in [0.05, 0.1) is 41.1 Å². The van der Waals surface area contributed by atoms with E-state index < -0.39 is 29.2 Å². The largest absolute Gasteiger partial charge is 0.478 e. The molecule has 3 aromatic carbocycles. The highest BCUT2D eigenvalue weighted by molar-refractivity contribution is 5.92. The van der Waals surface area contributed by atoms with E-state index in [0.717, 1.165) is 37.1 Å². The summed E-state index contributed by atoms with van der Waals surface area (Å²) in [5, 5.41) is 18.3. The lowest BCUT2D eigenvalue weighted by molar-refractivity contribution is 0.0696. The van der Waals surface area contributed by atoms with Gasteiger partial charge in [-0.15, -0.1) is 0 Å². The average molecular weight is 617 g/mol. The zero-order valence-electron chi connectivity index (χ0n) is 23.6. The summed E-state index contributed by atoms with van der Waals surface area (Å²) in [6, 6.07) is 14.4. The number of benzene rings is 3. The number of nitrogens with zero attached hydrogens (tertiary/aromatic N) is 4. The summed E-state index contributed by atoms with van der Waals surface area (Å²) in [7, 11) is 0. The molecule has 0 spiro atoms. The van der Waals surface area contributed by atoms with Crippen LogP contribution in [0.5, 0.6) is 5.88 Å². The van der Waals surface area contributed by atoms with E-state index in [4.69, 9.17) is 14.7 Å². The number of imidazole rings is 1. The SMILES string of the molecule is N#Cc1ccc(COc2cccc(-c3cc(F)c(Cc4nc5c(F)cc(C(=O)O)cc5n4CCOC4CC4)cc3F)n2)c(F)c1. The first-order valence-corrected chi connectivity index (χ1v) is 14.0. The molecule has 0 atom stereocenters. The van der Waals surface area contributed by atoms with Gasteiger partial charge >= 0.3 is 5.97 Å². The Balaban J connectivity index is 1.26. The monoisotopic (exact) mass is 616 g/mol. The van der Waals surface area contributed by atoms with Gasteiger partial charge in [-0.3, -0.25) is 0 Å². The van der Waals surface area contributed by atoms with Crippen molar-refractivity contribution >= 4 is 17.0 Å². The number of hydrogen-bond acceptors (Lipinski definition) is 6. The Morgan fingerprint density at radius 2 is 1.76 bits per heavy atom. The van der Waals surface area contributed by atoms with Crippen LogP contribution >= 0.6 is 0 Å². The van der Waals surface area contributed by atoms with Crippen molar-refractivity contribution < 1.29 is 36.9 Å². The van der Waals surface area contributed by atoms with Gasteiger partial charge in [0, 0.05) is 30.2 Å². The zero-order valence-corrected chi connectivity index (χ0v) is 23.6. The lowest BCUT2D eigenvalue weighted by Crippen LogP contribution is -2.11. The van der Waals surface area contributed by atoms with Crippen molar-refractivity contribution in [1.82, 2.24) is 14.5 Å². The lowest BCUT2D eigenvalue weighted by Gasteiger charge is -2.12. The van der Waals surface area contributed by atoms with Crippen LogP contribution in [-0.2, 0) is 24.3 Å². The third-order valence-electron chi connectivity index (χ3n) is 7.37. The van der Waals surface area contributed by atoms with Crippen molar-refractivity contribution in [3.63, 3.8) is 0 Å². The van der Waals surface area contributed by atoms with Crippen LogP contribution < -0.4 is 4.74 Å². The first-order valence-electron chi connectivity index (χ1n) is 14.0. The Bertz CT molecular complexity index is 1980. The summed E-state index contributed by atoms with van der Waals surface area (Å²) in [6.45, 7) is 0.251. The summed E-state index contributed by atoms with van der Waals surface area (Å²) in [6.07, 6.45) is 1.80. The fourth-order valence-electron chi connectivity index (χ4n) is 4.90. The van der Waals surface area contributed by atoms with Gasteiger partial charge in [-0.25, -0.2) is 32.3 Å². The molecule has 1 saturated carbocycles. The standard InChI is InChI=1S/C33H24F4N4O4/c34-24-10-18(16-38)4-5-19(24)17-45-31-3-1-2-28(39-31)23-15-25(35)20(11-26(23)36)14-30-40-32-27(37)12-21(33(42)43)13-29(32)41(30)8-9-44-22-6-7-22/h1-5,10-13,15,22H,6-9,14,17H2,(H,42,43). The maximum atomic E-state index is 15.5. The van der Waals surface area contributed by atoms with Gasteiger partial charge in [0.1, 0.15) is 35.4 Å². The first kappa shape index (κ1) is 29.8. The molecule has 1 aliphatic rings. The van der Waals surface area contributed by atoms with Gasteiger partial charge in [-0.2, -0.15) is 5.26 Å². The van der Waals surface area contributed by atoms with E-state index in [1.54, 1.807) is 4.57 Å². The van der Waals surface area contributed by atoms with E-state index in [9.17, 15) is 18.7 Å². The van der Waals surface area contributed by atoms with E-state index >= 15 is 8.78 Å². The van der Waals surface area contributed by atoms with Crippen molar-refractivity contribution in [3.8, 4) is 23.2 Å². The van der Waals surface area contributed by atoms with Gasteiger partial charge in [-0.05, 0) is 60.9 Å². The molecule has 1 N–H and O–H groups in total. The summed E-state index contributed by atoms with van der Waals surface area (Å²) in [4.78, 5) is 20.1. The number of nitriles is 1. The third kappa shape index (κ3) is 6.49. The van der Waals surface area contributed by atoms with Crippen LogP contribution in [0, 0.1) is 34.6 Å². The fraction of sp³-hybridized carbons (Fsp3) is 0.212. The average Bonchev–Trinajstić information content (AvgIpc) is 3.79. The van der Waals surface area contributed by atoms with Crippen molar-refractivity contribution in [2.45, 2.75) is 38.5 Å². The Morgan fingerprint density at radius 3 is 2.49 bits per heavy atom. The number of aromatic nitrogens is 3. The van der Waals surface area contributed by atoms with Gasteiger partial charge in [0.2, 0.25) is 5.88 Å². The molecule has 0 radical (unpaired) electrons. The number of pyridine rings is 1. The van der Waals surface area contributed by atoms with Crippen LogP contribution in [0.4, 0.5) is 17.6 Å². The molecule has 0 amide bonds. The quantitative estimate of drug-likeness (QED) is 0.167. The maximum Gasteiger partial charge on any atom is 0.335 e. The van der Waals surface area contributed by atoms with E-state index in [0.29, 0.717) is 0 Å². The number of carboxylic acid groups (broad SMARTS) is 1. The molecule has 0 aliphatic heterocycles. The Kier molecular flexibility index (Phi) is 8.19. The molecule has 1 fully saturated rings. The topological polar surface area (TPSA) is 110 Å². The number of aromatic carboxylic acids is 1. The highest BCUT2D eigenvalue weighted by Gasteiger charge is 2.24. The number of carbonyl (C=O) groups is 1. The molecule has 12 heteroatoms. The van der Waals surface area contributed by atoms with Crippen LogP contribution in [-0.4, -0.2) is 38.3 Å². The Labute approximate surface area is 254 Å². The third-order valence-corrected chi connectivity index (χ3v) is 7.37. The van der Waals surface area contributed by atoms with Crippen molar-refractivity contribution in [3.05, 3.63) is 112 Å². The maximum absolute atomic E-state index is 15.5. The van der Waals surface area contributed by atoms with E-state index in [1.807, 2.05) is 6.07 Å². The molecule has 0 saturated heterocycles. The predicted molar refractivity (Wildman–Crippen MR) is 153 cm³/mol. The normalized spacial score (nSPS) is 12.8. The van der Waals surface area contributed by atoms with Crippen molar-refractivity contribution in [1.29, 1.82) is 5.26 Å². The van der Waals surface area contributed by atoms with Gasteiger partial charge in [-0.1, -0.05) is 12.1 Å². The van der Waals surface area contributed by atoms with Gasteiger partial charge in [0.25, 0.3) is 0 Å². The number of ether oxygens (including phenoxy) is 2. The van der Waals surface area contributed by atoms with Crippen molar-refractivity contribution in [2.75, 3.05) is 6.61 Å². The van der Waals surface area contributed by atoms with Crippen LogP contribution in [0.25, 0.3) is 22.3 Å². The molecule has 2 heterocycles. The minimum atomic E-state index is -1.31. The predicted octanol–water partition coefficient (Wildman–Crippen LogP) is 6.57. The minimum absolute atomic E-state index is 0.0463. The minimum Gasteiger partial charge on any atom is -0.478 e. The summed E-state index contributed by atoms with van der Waals surface area (Å²) in [5.74, 6) is -4.07. The second-order valence-corrected chi connectivity index (χ2v) is 10.5. The number of halogens is 4. The smallest absolute Gasteiger partial charge is 0.335 e. The van der Waals surface area contributed by atoms with Gasteiger partial charge < -0.3 is 19.1 Å². The second kappa shape index (κ2) is 12.4. The van der Waals surface area contributed by atoms with Crippen LogP contribution in [0.1, 0.15) is 45.7 Å². The first-order chi connectivity index (χ1) is 21.7. The Morgan fingerprint density at radius 1 is 0.956 bits per heavy atom. The summed E-state index contributed by atoms with van der Waals surface area (Å²) in [5.41, 5.74) is 0.0838. The van der Waals surface area contributed by atoms with Crippen LogP contribution in [0.2, 0.25) is 0 Å². The number of hydrogen-bond donors (Lipinski definition) is 1. The molecule has 6 rings (SSSR count). The zero-order chi connectivity index (χ0) is 31.7. The highest BCUT2D eigenvalue weighted by atomic mass is 19.1. The Hall–Kier alpha value is -5.28. The lowest BCUT2D eigenvalue weighted by atomic mass is 10.0. The molecule has 228 valence electrons. The number of carboxylic acids is 1. The second-order valence-electron chi connectivity index (χ2n) is 10.5. The summed E-state index contributed by atoms with van der Waals surface area (Å²) >= 11 is 0. The van der Waals surface area contributed by atoms with Crippen LogP contribution in [0.15, 0.2) is 60.7 Å². The molecule has 5 aromatic rings. The van der Waals surface area contributed by atoms with Crippen molar-refractivity contribution in [2.24, 2.45) is 0 Å². The molecule has 45 heavy (non-hydrogen) atoms. The molecule has 1 aliphatic carbocycles. The van der Waals surface area contributed by atoms with Gasteiger partial charge in [0.15, 0.2) is 5.82 Å². The molecular formula is C33H24F4N4O4. The number of rotatable bonds is 11. The van der Waals surface area contributed by atoms with E-state index in [2.05, 4.69) is 9.97 Å². The molecule has 8 nitrogen and oxygen atoms in total. The van der Waals surface area contributed by atoms with E-state index in [1.165, 1.54) is 36.4 Å². The molecule has 2 aromatic heterocycles. The summed E-state index contributed by atoms with van der Waals surface area (Å²) < 4.78 is 72.9. The number of fused-ring (bicyclic) bond motifs is 1.